The van der Waals surface area contributed by atoms with Gasteiger partial charge in [-0.15, -0.1) is 0 Å². The van der Waals surface area contributed by atoms with Gasteiger partial charge in [-0.05, 0) is 83.9 Å². The van der Waals surface area contributed by atoms with Crippen LogP contribution < -0.4 is 10.6 Å². The molecule has 1 aliphatic heterocycles. The molecule has 50 heavy (non-hydrogen) atoms. The molecule has 1 fully saturated rings. The average Bonchev–Trinajstić information content (AvgIpc) is 3.57. The van der Waals surface area contributed by atoms with Crippen LogP contribution in [0.1, 0.15) is 105 Å². The van der Waals surface area contributed by atoms with Crippen molar-refractivity contribution in [2.24, 2.45) is 23.7 Å². The van der Waals surface area contributed by atoms with Gasteiger partial charge in [0.25, 0.3) is 5.69 Å². The molecule has 0 saturated carbocycles. The fourth-order valence-electron chi connectivity index (χ4n) is 6.58. The number of carbonyl (C=O) groups is 5. The van der Waals surface area contributed by atoms with Gasteiger partial charge in [0.05, 0.1) is 17.0 Å². The molecule has 2 N–H and O–H groups in total. The summed E-state index contributed by atoms with van der Waals surface area (Å²) in [6.45, 7) is 13.1. The Bertz CT molecular complexity index is 1300. The summed E-state index contributed by atoms with van der Waals surface area (Å²) in [5.41, 5.74) is 0.769. The predicted molar refractivity (Wildman–Crippen MR) is 194 cm³/mol. The Morgan fingerprint density at radius 1 is 0.980 bits per heavy atom. The number of benzene rings is 1. The smallest absolute Gasteiger partial charge is 0.269 e. The summed E-state index contributed by atoms with van der Waals surface area (Å²) in [6.07, 6.45) is 4.59. The normalized spacial score (nSPS) is 17.0. The van der Waals surface area contributed by atoms with Gasteiger partial charge in [0, 0.05) is 62.4 Å². The molecule has 12 heteroatoms. The molecule has 1 aromatic rings. The summed E-state index contributed by atoms with van der Waals surface area (Å²) in [4.78, 5) is 81.7. The van der Waals surface area contributed by atoms with Gasteiger partial charge in [0.1, 0.15) is 0 Å². The summed E-state index contributed by atoms with van der Waals surface area (Å²) >= 11 is 0. The predicted octanol–water partition coefficient (Wildman–Crippen LogP) is 5.11. The van der Waals surface area contributed by atoms with Crippen molar-refractivity contribution in [2.75, 3.05) is 27.2 Å². The summed E-state index contributed by atoms with van der Waals surface area (Å²) in [7, 11) is 3.59. The zero-order chi connectivity index (χ0) is 37.5. The summed E-state index contributed by atoms with van der Waals surface area (Å²) in [5, 5.41) is 16.6. The minimum absolute atomic E-state index is 0.0204. The van der Waals surface area contributed by atoms with Gasteiger partial charge in [-0.1, -0.05) is 46.2 Å². The van der Waals surface area contributed by atoms with E-state index in [1.807, 2.05) is 20.8 Å². The number of nitrogens with zero attached hydrogens (tertiary/aromatic N) is 3. The first-order valence-corrected chi connectivity index (χ1v) is 18.4. The van der Waals surface area contributed by atoms with E-state index in [2.05, 4.69) is 36.4 Å². The lowest BCUT2D eigenvalue weighted by atomic mass is 9.88. The number of amides is 3. The van der Waals surface area contributed by atoms with Gasteiger partial charge in [-0.2, -0.15) is 0 Å². The van der Waals surface area contributed by atoms with Crippen molar-refractivity contribution in [3.05, 3.63) is 39.9 Å². The SMILES string of the molecule is CC[C@H](Cc1ccc([N+](=O)[O-])cc1)C(=O)N[C@@H](CC(C)C)C(=O)C[C@@H](CCCCN(C)C(C)C)C(=O)N1CCC[C@H]1C(=O)C[C@H](C)C(=O)NC. The third kappa shape index (κ3) is 13.2. The van der Waals surface area contributed by atoms with Gasteiger partial charge in [0.15, 0.2) is 11.6 Å². The van der Waals surface area contributed by atoms with Crippen molar-refractivity contribution in [3.8, 4) is 0 Å². The van der Waals surface area contributed by atoms with Crippen LogP contribution >= 0.6 is 0 Å². The van der Waals surface area contributed by atoms with Gasteiger partial charge in [0.2, 0.25) is 17.7 Å². The van der Waals surface area contributed by atoms with Gasteiger partial charge in [-0.3, -0.25) is 34.1 Å². The minimum Gasteiger partial charge on any atom is -0.359 e. The van der Waals surface area contributed by atoms with E-state index in [9.17, 15) is 34.1 Å². The Kier molecular flexibility index (Phi) is 17.7. The number of nitro benzene ring substituents is 1. The highest BCUT2D eigenvalue weighted by Gasteiger charge is 2.39. The lowest BCUT2D eigenvalue weighted by Crippen LogP contribution is -2.48. The number of Topliss-reactive ketones (excluding diaryl/α,β-unsaturated/α-hetero) is 2. The molecule has 0 bridgehead atoms. The Morgan fingerprint density at radius 2 is 1.64 bits per heavy atom. The number of hydrogen-bond donors (Lipinski definition) is 2. The highest BCUT2D eigenvalue weighted by atomic mass is 16.6. The maximum absolute atomic E-state index is 14.2. The molecule has 1 aromatic carbocycles. The van der Waals surface area contributed by atoms with Crippen LogP contribution in [0, 0.1) is 33.8 Å². The molecular formula is C38H61N5O7. The van der Waals surface area contributed by atoms with Crippen LogP contribution in [0.5, 0.6) is 0 Å². The number of carbonyl (C=O) groups excluding carboxylic acids is 5. The van der Waals surface area contributed by atoms with Crippen LogP contribution in [0.15, 0.2) is 24.3 Å². The molecule has 0 spiro atoms. The zero-order valence-electron chi connectivity index (χ0n) is 31.5. The molecule has 5 atom stereocenters. The lowest BCUT2D eigenvalue weighted by molar-refractivity contribution is -0.384. The van der Waals surface area contributed by atoms with Crippen molar-refractivity contribution < 1.29 is 28.9 Å². The van der Waals surface area contributed by atoms with E-state index >= 15 is 0 Å². The maximum Gasteiger partial charge on any atom is 0.269 e. The first kappa shape index (κ1) is 42.5. The van der Waals surface area contributed by atoms with E-state index in [1.54, 1.807) is 24.0 Å². The number of unbranched alkanes of at least 4 members (excludes halogenated alkanes) is 1. The fourth-order valence-corrected chi connectivity index (χ4v) is 6.58. The number of non-ortho nitro benzene ring substituents is 1. The summed E-state index contributed by atoms with van der Waals surface area (Å²) in [6, 6.07) is 5.13. The molecule has 1 saturated heterocycles. The van der Waals surface area contributed by atoms with E-state index in [1.165, 1.54) is 19.2 Å². The maximum atomic E-state index is 14.2. The van der Waals surface area contributed by atoms with Crippen LogP contribution in [-0.4, -0.2) is 89.3 Å². The Hall–Kier alpha value is -3.67. The third-order valence-electron chi connectivity index (χ3n) is 10.0. The van der Waals surface area contributed by atoms with Crippen molar-refractivity contribution in [2.45, 2.75) is 124 Å². The highest BCUT2D eigenvalue weighted by Crippen LogP contribution is 2.27. The Labute approximate surface area is 298 Å². The molecule has 2 rings (SSSR count). The molecule has 3 amide bonds. The van der Waals surface area contributed by atoms with Gasteiger partial charge >= 0.3 is 0 Å². The first-order chi connectivity index (χ1) is 23.6. The number of likely N-dealkylation sites (tertiary alicyclic amines) is 1. The van der Waals surface area contributed by atoms with Crippen molar-refractivity contribution in [1.82, 2.24) is 20.4 Å². The second kappa shape index (κ2) is 20.9. The average molecular weight is 700 g/mol. The quantitative estimate of drug-likeness (QED) is 0.0960. The molecule has 12 nitrogen and oxygen atoms in total. The number of ketones is 2. The number of hydrogen-bond acceptors (Lipinski definition) is 8. The first-order valence-electron chi connectivity index (χ1n) is 18.4. The number of nitro groups is 1. The minimum atomic E-state index is -0.778. The largest absolute Gasteiger partial charge is 0.359 e. The van der Waals surface area contributed by atoms with Crippen molar-refractivity contribution >= 4 is 35.0 Å². The number of rotatable bonds is 22. The highest BCUT2D eigenvalue weighted by molar-refractivity contribution is 5.96. The second-order valence-corrected chi connectivity index (χ2v) is 14.7. The molecule has 0 aromatic heterocycles. The van der Waals surface area contributed by atoms with Crippen LogP contribution in [0.3, 0.4) is 0 Å². The van der Waals surface area contributed by atoms with E-state index in [-0.39, 0.29) is 53.7 Å². The molecule has 1 heterocycles. The van der Waals surface area contributed by atoms with Gasteiger partial charge in [-0.25, -0.2) is 0 Å². The molecule has 0 unspecified atom stereocenters. The molecule has 0 aliphatic carbocycles. The fraction of sp³-hybridized carbons (Fsp3) is 0.711. The topological polar surface area (TPSA) is 159 Å². The van der Waals surface area contributed by atoms with Crippen LogP contribution in [0.2, 0.25) is 0 Å². The summed E-state index contributed by atoms with van der Waals surface area (Å²) < 4.78 is 0. The zero-order valence-corrected chi connectivity index (χ0v) is 31.5. The van der Waals surface area contributed by atoms with Crippen LogP contribution in [0.25, 0.3) is 0 Å². The monoisotopic (exact) mass is 699 g/mol. The lowest BCUT2D eigenvalue weighted by Gasteiger charge is -2.30. The van der Waals surface area contributed by atoms with E-state index in [4.69, 9.17) is 0 Å². The van der Waals surface area contributed by atoms with Crippen LogP contribution in [0.4, 0.5) is 5.69 Å². The van der Waals surface area contributed by atoms with E-state index in [0.29, 0.717) is 51.1 Å². The standard InChI is InChI=1S/C38H61N5O7/c1-9-29(23-28-15-17-31(18-16-28)43(49)50)37(47)40-32(21-25(2)3)34(44)24-30(13-10-11-19-41(8)26(4)5)38(48)42-20-12-14-33(42)35(45)22-27(6)36(46)39-7/h15-18,25-27,29-30,32-33H,9-14,19-24H2,1-8H3,(H,39,46)(H,40,47)/t27-,29+,30+,32-,33-/m0/s1. The second-order valence-electron chi connectivity index (χ2n) is 14.7. The third-order valence-corrected chi connectivity index (χ3v) is 10.0. The summed E-state index contributed by atoms with van der Waals surface area (Å²) in [5.74, 6) is -2.52. The van der Waals surface area contributed by atoms with E-state index in [0.717, 1.165) is 24.9 Å². The molecule has 1 aliphatic rings. The Balaban J connectivity index is 2.25. The molecule has 280 valence electrons. The molecule has 0 radical (unpaired) electrons. The van der Waals surface area contributed by atoms with E-state index < -0.39 is 34.8 Å². The Morgan fingerprint density at radius 3 is 2.20 bits per heavy atom. The van der Waals surface area contributed by atoms with Crippen molar-refractivity contribution in [1.29, 1.82) is 0 Å². The number of nitrogens with one attached hydrogen (secondary N) is 2. The van der Waals surface area contributed by atoms with Gasteiger partial charge < -0.3 is 20.4 Å². The van der Waals surface area contributed by atoms with Crippen molar-refractivity contribution in [3.63, 3.8) is 0 Å². The molecular weight excluding hydrogens is 638 g/mol. The van der Waals surface area contributed by atoms with Crippen LogP contribution in [-0.2, 0) is 30.4 Å².